The summed E-state index contributed by atoms with van der Waals surface area (Å²) in [6, 6.07) is 21.8. The Bertz CT molecular complexity index is 1630. The van der Waals surface area contributed by atoms with Crippen LogP contribution in [0.4, 0.5) is 0 Å². The van der Waals surface area contributed by atoms with Gasteiger partial charge in [0.15, 0.2) is 23.1 Å². The van der Waals surface area contributed by atoms with Crippen molar-refractivity contribution in [2.45, 2.75) is 26.2 Å². The second-order valence-corrected chi connectivity index (χ2v) is 10.1. The summed E-state index contributed by atoms with van der Waals surface area (Å²) in [6.45, 7) is 1.94. The Morgan fingerprint density at radius 2 is 1.26 bits per heavy atom. The molecule has 0 fully saturated rings. The smallest absolute Gasteiger partial charge is 0.343 e. The van der Waals surface area contributed by atoms with E-state index >= 15 is 0 Å². The molecule has 0 aliphatic heterocycles. The lowest BCUT2D eigenvalue weighted by Crippen LogP contribution is -2.22. The van der Waals surface area contributed by atoms with E-state index in [9.17, 15) is 29.4 Å². The number of rotatable bonds is 11. The fraction of sp³-hybridized carbons (Fsp3) is 0.152. The predicted molar refractivity (Wildman–Crippen MR) is 158 cm³/mol. The van der Waals surface area contributed by atoms with Gasteiger partial charge in [-0.05, 0) is 30.7 Å². The van der Waals surface area contributed by atoms with Gasteiger partial charge in [-0.25, -0.2) is 9.59 Å². The molecule has 0 saturated heterocycles. The van der Waals surface area contributed by atoms with E-state index in [1.807, 2.05) is 6.92 Å². The summed E-state index contributed by atoms with van der Waals surface area (Å²) in [7, 11) is 0. The fourth-order valence-corrected chi connectivity index (χ4v) is 4.74. The van der Waals surface area contributed by atoms with E-state index < -0.39 is 57.4 Å². The number of hydrogen-bond acceptors (Lipinski definition) is 8. The van der Waals surface area contributed by atoms with Crippen molar-refractivity contribution >= 4 is 39.4 Å². The van der Waals surface area contributed by atoms with Crippen LogP contribution in [0, 0.1) is 0 Å². The van der Waals surface area contributed by atoms with Crippen LogP contribution in [0.25, 0.3) is 0 Å². The number of phenols is 2. The van der Waals surface area contributed by atoms with Crippen LogP contribution in [0.2, 0.25) is 0 Å². The molecule has 0 unspecified atom stereocenters. The molecule has 2 N–H and O–H groups in total. The lowest BCUT2D eigenvalue weighted by atomic mass is 9.88. The second kappa shape index (κ2) is 13.7. The lowest BCUT2D eigenvalue weighted by Gasteiger charge is -2.20. The highest BCUT2D eigenvalue weighted by molar-refractivity contribution is 9.10. The Balaban J connectivity index is 2.02. The summed E-state index contributed by atoms with van der Waals surface area (Å²) >= 11 is 3.32. The number of esters is 2. The van der Waals surface area contributed by atoms with Crippen LogP contribution in [0.15, 0.2) is 89.4 Å². The summed E-state index contributed by atoms with van der Waals surface area (Å²) < 4.78 is 11.3. The quantitative estimate of drug-likeness (QED) is 0.0603. The van der Waals surface area contributed by atoms with Crippen molar-refractivity contribution in [2.75, 3.05) is 6.61 Å². The van der Waals surface area contributed by atoms with Gasteiger partial charge in [0.05, 0.1) is 28.9 Å². The maximum absolute atomic E-state index is 14.1. The molecule has 0 spiro atoms. The van der Waals surface area contributed by atoms with E-state index in [-0.39, 0.29) is 23.3 Å². The highest BCUT2D eigenvalue weighted by atomic mass is 79.9. The first-order chi connectivity index (χ1) is 20.3. The Kier molecular flexibility index (Phi) is 9.88. The molecule has 0 heterocycles. The number of carbonyl (C=O) groups is 4. The number of unbranched alkanes of at least 4 members (excludes halogenated alkanes) is 2. The number of aromatic hydroxyl groups is 2. The second-order valence-electron chi connectivity index (χ2n) is 9.25. The maximum Gasteiger partial charge on any atom is 0.343 e. The van der Waals surface area contributed by atoms with Crippen LogP contribution in [0.1, 0.15) is 78.7 Å². The molecule has 214 valence electrons. The largest absolute Gasteiger partial charge is 0.504 e. The number of halogens is 1. The van der Waals surface area contributed by atoms with Crippen molar-refractivity contribution in [1.29, 1.82) is 0 Å². The van der Waals surface area contributed by atoms with Gasteiger partial charge in [-0.3, -0.25) is 9.59 Å². The van der Waals surface area contributed by atoms with Gasteiger partial charge in [-0.1, -0.05) is 96.4 Å². The molecule has 0 saturated carbocycles. The minimum atomic E-state index is -1.10. The Hall–Kier alpha value is -4.76. The monoisotopic (exact) mass is 630 g/mol. The first-order valence-electron chi connectivity index (χ1n) is 13.2. The van der Waals surface area contributed by atoms with Crippen LogP contribution in [-0.2, 0) is 4.74 Å². The molecule has 4 aromatic rings. The molecule has 4 rings (SSSR count). The lowest BCUT2D eigenvalue weighted by molar-refractivity contribution is 0.0489. The SMILES string of the molecule is CCCCCOC(=O)c1c(C(=O)c2ccccc2)c(O)c(O)c(OC(=O)c2ccccc2)c1C(=O)c1ccccc1Br. The first-order valence-corrected chi connectivity index (χ1v) is 14.0. The van der Waals surface area contributed by atoms with E-state index in [1.54, 1.807) is 54.6 Å². The summed E-state index contributed by atoms with van der Waals surface area (Å²) in [4.78, 5) is 54.7. The molecule has 0 bridgehead atoms. The van der Waals surface area contributed by atoms with Gasteiger partial charge in [0.1, 0.15) is 0 Å². The average Bonchev–Trinajstić information content (AvgIpc) is 3.01. The Morgan fingerprint density at radius 3 is 1.88 bits per heavy atom. The van der Waals surface area contributed by atoms with E-state index in [4.69, 9.17) is 9.47 Å². The van der Waals surface area contributed by atoms with Gasteiger partial charge in [0, 0.05) is 15.6 Å². The molecule has 0 aliphatic carbocycles. The molecular weight excluding hydrogens is 604 g/mol. The summed E-state index contributed by atoms with van der Waals surface area (Å²) in [5, 5.41) is 22.3. The Morgan fingerprint density at radius 1 is 0.667 bits per heavy atom. The predicted octanol–water partition coefficient (Wildman–Crippen LogP) is 6.89. The maximum atomic E-state index is 14.1. The summed E-state index contributed by atoms with van der Waals surface area (Å²) in [5.74, 6) is -6.68. The van der Waals surface area contributed by atoms with Gasteiger partial charge in [0.25, 0.3) is 0 Å². The van der Waals surface area contributed by atoms with Crippen LogP contribution in [0.5, 0.6) is 17.2 Å². The van der Waals surface area contributed by atoms with E-state index in [2.05, 4.69) is 15.9 Å². The molecule has 8 nitrogen and oxygen atoms in total. The minimum absolute atomic E-state index is 0.0327. The number of hydrogen-bond donors (Lipinski definition) is 2. The third kappa shape index (κ3) is 6.42. The third-order valence-electron chi connectivity index (χ3n) is 6.40. The van der Waals surface area contributed by atoms with Crippen LogP contribution in [-0.4, -0.2) is 40.3 Å². The molecule has 0 aliphatic rings. The van der Waals surface area contributed by atoms with Gasteiger partial charge >= 0.3 is 11.9 Å². The van der Waals surface area contributed by atoms with Gasteiger partial charge in [0.2, 0.25) is 5.75 Å². The van der Waals surface area contributed by atoms with E-state index in [0.29, 0.717) is 10.9 Å². The van der Waals surface area contributed by atoms with Crippen molar-refractivity contribution in [3.8, 4) is 17.2 Å². The molecule has 0 amide bonds. The zero-order valence-corrected chi connectivity index (χ0v) is 24.2. The third-order valence-corrected chi connectivity index (χ3v) is 7.09. The van der Waals surface area contributed by atoms with Crippen LogP contribution < -0.4 is 4.74 Å². The topological polar surface area (TPSA) is 127 Å². The van der Waals surface area contributed by atoms with Crippen molar-refractivity contribution in [3.63, 3.8) is 0 Å². The van der Waals surface area contributed by atoms with Gasteiger partial charge < -0.3 is 19.7 Å². The normalized spacial score (nSPS) is 10.6. The Labute approximate surface area is 250 Å². The molecule has 0 aromatic heterocycles. The molecule has 0 radical (unpaired) electrons. The average molecular weight is 631 g/mol. The van der Waals surface area contributed by atoms with Crippen molar-refractivity contribution in [1.82, 2.24) is 0 Å². The summed E-state index contributed by atoms with van der Waals surface area (Å²) in [6.07, 6.45) is 2.12. The number of carbonyl (C=O) groups excluding carboxylic acids is 4. The van der Waals surface area contributed by atoms with Crippen molar-refractivity contribution in [2.24, 2.45) is 0 Å². The summed E-state index contributed by atoms with van der Waals surface area (Å²) in [5.41, 5.74) is -1.72. The molecule has 9 heteroatoms. The first kappa shape index (κ1) is 30.2. The number of ether oxygens (including phenoxy) is 2. The van der Waals surface area contributed by atoms with Gasteiger partial charge in [-0.15, -0.1) is 0 Å². The number of phenolic OH excluding ortho intramolecular Hbond substituents is 2. The number of ketones is 2. The fourth-order valence-electron chi connectivity index (χ4n) is 4.27. The van der Waals surface area contributed by atoms with Crippen molar-refractivity contribution < 1.29 is 38.9 Å². The van der Waals surface area contributed by atoms with Crippen LogP contribution in [0.3, 0.4) is 0 Å². The van der Waals surface area contributed by atoms with E-state index in [0.717, 1.165) is 12.8 Å². The highest BCUT2D eigenvalue weighted by Crippen LogP contribution is 2.46. The highest BCUT2D eigenvalue weighted by Gasteiger charge is 2.38. The van der Waals surface area contributed by atoms with Gasteiger partial charge in [-0.2, -0.15) is 0 Å². The molecular formula is C33H27BrO8. The standard InChI is InChI=1S/C33H27BrO8/c1-2-3-12-19-41-33(40)24-25(27(35)20-13-6-4-7-14-20)29(37)30(38)31(42-32(39)21-15-8-5-9-16-21)26(24)28(36)22-17-10-11-18-23(22)34/h4-11,13-18,37-38H,2-3,12,19H2,1H3. The molecule has 42 heavy (non-hydrogen) atoms. The van der Waals surface area contributed by atoms with E-state index in [1.165, 1.54) is 30.3 Å². The number of benzene rings is 4. The molecule has 4 aromatic carbocycles. The van der Waals surface area contributed by atoms with Crippen molar-refractivity contribution in [3.05, 3.63) is 123 Å². The zero-order valence-electron chi connectivity index (χ0n) is 22.6. The van der Waals surface area contributed by atoms with Crippen LogP contribution >= 0.6 is 15.9 Å². The molecule has 0 atom stereocenters. The zero-order chi connectivity index (χ0) is 30.2. The minimum Gasteiger partial charge on any atom is -0.504 e.